The molecule has 2 aliphatic rings. The summed E-state index contributed by atoms with van der Waals surface area (Å²) in [6.07, 6.45) is -4.21. The zero-order chi connectivity index (χ0) is 26.7. The summed E-state index contributed by atoms with van der Waals surface area (Å²) >= 11 is 0. The van der Waals surface area contributed by atoms with Crippen molar-refractivity contribution in [3.05, 3.63) is 86.8 Å². The smallest absolute Gasteiger partial charge is 0.324 e. The minimum absolute atomic E-state index is 0.147. The van der Waals surface area contributed by atoms with Crippen LogP contribution in [0.5, 0.6) is 0 Å². The van der Waals surface area contributed by atoms with Crippen molar-refractivity contribution in [3.63, 3.8) is 0 Å². The third-order valence-electron chi connectivity index (χ3n) is 7.15. The zero-order valence-corrected chi connectivity index (χ0v) is 20.0. The largest absolute Gasteiger partial charge is 0.419 e. The van der Waals surface area contributed by atoms with E-state index < -0.39 is 34.8 Å². The third kappa shape index (κ3) is 4.16. The van der Waals surface area contributed by atoms with E-state index in [2.05, 4.69) is 10.3 Å². The second-order valence-electron chi connectivity index (χ2n) is 9.36. The SMILES string of the molecule is CC[C@@]1(C)NCCc2[nH]c(=O)ccc2N2CN(c3cc(C(F)(F)F)c(F)cc3C2=O)c2ccc(F)cc21. The topological polar surface area (TPSA) is 68.4 Å². The number of carbonyl (C=O) groups is 1. The molecule has 11 heteroatoms. The van der Waals surface area contributed by atoms with Crippen LogP contribution in [0.4, 0.5) is 39.0 Å². The van der Waals surface area contributed by atoms with Crippen LogP contribution in [0.15, 0.2) is 47.3 Å². The van der Waals surface area contributed by atoms with Crippen molar-refractivity contribution in [1.82, 2.24) is 10.3 Å². The summed E-state index contributed by atoms with van der Waals surface area (Å²) in [6.45, 7) is 3.83. The summed E-state index contributed by atoms with van der Waals surface area (Å²) in [6, 6.07) is 7.86. The monoisotopic (exact) mass is 518 g/mol. The number of anilines is 3. The van der Waals surface area contributed by atoms with Crippen LogP contribution in [-0.4, -0.2) is 24.1 Å². The Morgan fingerprint density at radius 2 is 1.70 bits per heavy atom. The number of aromatic amines is 1. The third-order valence-corrected chi connectivity index (χ3v) is 7.15. The van der Waals surface area contributed by atoms with E-state index in [1.807, 2.05) is 13.8 Å². The van der Waals surface area contributed by atoms with Crippen LogP contribution < -0.4 is 20.7 Å². The first-order chi connectivity index (χ1) is 17.4. The molecule has 1 aromatic heterocycles. The summed E-state index contributed by atoms with van der Waals surface area (Å²) in [5.41, 5.74) is -1.55. The lowest BCUT2D eigenvalue weighted by molar-refractivity contribution is -0.139. The van der Waals surface area contributed by atoms with Gasteiger partial charge in [-0.05, 0) is 55.3 Å². The number of H-pyrrole nitrogens is 1. The zero-order valence-electron chi connectivity index (χ0n) is 20.0. The minimum atomic E-state index is -4.99. The van der Waals surface area contributed by atoms with E-state index in [1.54, 1.807) is 0 Å². The van der Waals surface area contributed by atoms with Crippen LogP contribution in [0.3, 0.4) is 0 Å². The molecule has 5 rings (SSSR count). The molecule has 2 aromatic carbocycles. The van der Waals surface area contributed by atoms with E-state index in [1.165, 1.54) is 40.1 Å². The van der Waals surface area contributed by atoms with E-state index in [0.717, 1.165) is 0 Å². The first-order valence-electron chi connectivity index (χ1n) is 11.7. The lowest BCUT2D eigenvalue weighted by Crippen LogP contribution is -2.47. The van der Waals surface area contributed by atoms with E-state index in [4.69, 9.17) is 0 Å². The highest BCUT2D eigenvalue weighted by atomic mass is 19.4. The Morgan fingerprint density at radius 1 is 0.973 bits per heavy atom. The molecular weight excluding hydrogens is 495 g/mol. The van der Waals surface area contributed by atoms with Gasteiger partial charge in [-0.3, -0.25) is 14.5 Å². The number of halogens is 5. The molecule has 0 fully saturated rings. The second-order valence-corrected chi connectivity index (χ2v) is 9.36. The highest BCUT2D eigenvalue weighted by Gasteiger charge is 2.41. The number of fused-ring (bicyclic) bond motifs is 8. The molecule has 1 atom stereocenters. The molecule has 194 valence electrons. The maximum Gasteiger partial charge on any atom is 0.419 e. The van der Waals surface area contributed by atoms with E-state index in [9.17, 15) is 31.5 Å². The fraction of sp³-hybridized carbons (Fsp3) is 0.308. The van der Waals surface area contributed by atoms with Crippen molar-refractivity contribution < 1.29 is 26.7 Å². The molecule has 3 heterocycles. The number of rotatable bonds is 1. The first kappa shape index (κ1) is 24.9. The highest BCUT2D eigenvalue weighted by Crippen LogP contribution is 2.44. The fourth-order valence-electron chi connectivity index (χ4n) is 5.01. The van der Waals surface area contributed by atoms with Gasteiger partial charge in [-0.15, -0.1) is 0 Å². The van der Waals surface area contributed by atoms with Crippen molar-refractivity contribution in [1.29, 1.82) is 0 Å². The first-order valence-corrected chi connectivity index (χ1v) is 11.7. The van der Waals surface area contributed by atoms with Gasteiger partial charge in [0.25, 0.3) is 5.91 Å². The van der Waals surface area contributed by atoms with Crippen LogP contribution in [0, 0.1) is 11.6 Å². The predicted octanol–water partition coefficient (Wildman–Crippen LogP) is 5.20. The summed E-state index contributed by atoms with van der Waals surface area (Å²) < 4.78 is 70.2. The molecule has 2 N–H and O–H groups in total. The Morgan fingerprint density at radius 3 is 2.41 bits per heavy atom. The van der Waals surface area contributed by atoms with Crippen LogP contribution in [-0.2, 0) is 18.1 Å². The Labute approximate surface area is 208 Å². The number of alkyl halides is 3. The van der Waals surface area contributed by atoms with Crippen LogP contribution in [0.1, 0.15) is 47.4 Å². The number of aromatic nitrogens is 1. The lowest BCUT2D eigenvalue weighted by atomic mass is 9.86. The Kier molecular flexibility index (Phi) is 5.86. The number of hydrogen-bond acceptors (Lipinski definition) is 4. The van der Waals surface area contributed by atoms with E-state index in [0.29, 0.717) is 54.2 Å². The number of nitrogens with zero attached hydrogens (tertiary/aromatic N) is 2. The number of pyridine rings is 1. The number of carbonyl (C=O) groups excluding carboxylic acids is 1. The molecule has 0 radical (unpaired) electrons. The van der Waals surface area contributed by atoms with E-state index in [-0.39, 0.29) is 23.5 Å². The van der Waals surface area contributed by atoms with Crippen molar-refractivity contribution in [2.24, 2.45) is 0 Å². The Hall–Kier alpha value is -3.73. The molecular formula is C26H23F5N4O2. The van der Waals surface area contributed by atoms with Gasteiger partial charge in [0.1, 0.15) is 18.3 Å². The predicted molar refractivity (Wildman–Crippen MR) is 128 cm³/mol. The van der Waals surface area contributed by atoms with Crippen LogP contribution in [0.25, 0.3) is 0 Å². The quantitative estimate of drug-likeness (QED) is 0.435. The molecule has 0 saturated carbocycles. The number of benzene rings is 2. The van der Waals surface area contributed by atoms with Gasteiger partial charge < -0.3 is 15.2 Å². The van der Waals surface area contributed by atoms with Crippen LogP contribution >= 0.6 is 0 Å². The molecule has 3 aromatic rings. The number of amides is 1. The minimum Gasteiger partial charge on any atom is -0.324 e. The maximum absolute atomic E-state index is 14.7. The van der Waals surface area contributed by atoms with Crippen molar-refractivity contribution in [2.75, 3.05) is 23.0 Å². The standard InChI is InChI=1S/C26H23F5N4O2/c1-3-25(2)17-10-14(27)4-5-20(17)34-13-35(21-6-7-23(36)33-19(21)8-9-32-25)24(37)15-11-18(28)16(12-22(15)34)26(29,30)31/h4-7,10-12,32H,3,8-9,13H2,1-2H3,(H,33,36)/t25-/m1/s1. The molecule has 37 heavy (non-hydrogen) atoms. The summed E-state index contributed by atoms with van der Waals surface area (Å²) in [4.78, 5) is 31.1. The summed E-state index contributed by atoms with van der Waals surface area (Å²) in [5.74, 6) is -2.84. The lowest BCUT2D eigenvalue weighted by Gasteiger charge is -2.41. The molecule has 6 nitrogen and oxygen atoms in total. The molecule has 1 amide bonds. The van der Waals surface area contributed by atoms with Gasteiger partial charge in [0.15, 0.2) is 0 Å². The van der Waals surface area contributed by atoms with Gasteiger partial charge in [-0.2, -0.15) is 13.2 Å². The molecule has 0 aliphatic carbocycles. The van der Waals surface area contributed by atoms with Crippen molar-refractivity contribution in [2.45, 2.75) is 38.4 Å². The molecule has 2 bridgehead atoms. The van der Waals surface area contributed by atoms with Gasteiger partial charge in [0.05, 0.1) is 22.5 Å². The molecule has 0 saturated heterocycles. The maximum atomic E-state index is 14.7. The fourth-order valence-corrected chi connectivity index (χ4v) is 5.01. The van der Waals surface area contributed by atoms with E-state index >= 15 is 0 Å². The summed E-state index contributed by atoms with van der Waals surface area (Å²) in [5, 5.41) is 3.39. The van der Waals surface area contributed by atoms with Gasteiger partial charge in [0.2, 0.25) is 5.56 Å². The van der Waals surface area contributed by atoms with Gasteiger partial charge in [-0.25, -0.2) is 8.78 Å². The van der Waals surface area contributed by atoms with Crippen molar-refractivity contribution in [3.8, 4) is 0 Å². The van der Waals surface area contributed by atoms with Gasteiger partial charge in [0, 0.05) is 36.0 Å². The number of hydrogen-bond donors (Lipinski definition) is 2. The molecule has 2 aliphatic heterocycles. The van der Waals surface area contributed by atoms with Crippen LogP contribution in [0.2, 0.25) is 0 Å². The average molecular weight is 518 g/mol. The van der Waals surface area contributed by atoms with Gasteiger partial charge in [-0.1, -0.05) is 6.92 Å². The Bertz CT molecular complexity index is 1470. The van der Waals surface area contributed by atoms with Gasteiger partial charge >= 0.3 is 6.18 Å². The van der Waals surface area contributed by atoms with Crippen molar-refractivity contribution >= 4 is 23.0 Å². The molecule has 0 unspecified atom stereocenters. The average Bonchev–Trinajstić information content (AvgIpc) is 2.85. The summed E-state index contributed by atoms with van der Waals surface area (Å²) in [7, 11) is 0. The number of nitrogens with one attached hydrogen (secondary N) is 2. The molecule has 0 spiro atoms. The second kappa shape index (κ2) is 8.69. The Balaban J connectivity index is 1.85. The normalized spacial score (nSPS) is 19.6. The highest BCUT2D eigenvalue weighted by molar-refractivity contribution is 6.13.